The number of rotatable bonds is 5. The Hall–Kier alpha value is -7.68. The van der Waals surface area contributed by atoms with E-state index >= 15 is 0 Å². The summed E-state index contributed by atoms with van der Waals surface area (Å²) in [7, 11) is 0. The van der Waals surface area contributed by atoms with Crippen LogP contribution in [-0.4, -0.2) is 0 Å². The van der Waals surface area contributed by atoms with Gasteiger partial charge >= 0.3 is 0 Å². The van der Waals surface area contributed by atoms with Crippen LogP contribution in [0, 0.1) is 0 Å². The normalized spacial score (nSPS) is 14.6. The van der Waals surface area contributed by atoms with E-state index in [2.05, 4.69) is 229 Å². The molecule has 0 radical (unpaired) electrons. The Labute approximate surface area is 343 Å². The van der Waals surface area contributed by atoms with Crippen LogP contribution in [0.3, 0.4) is 0 Å². The predicted octanol–water partition coefficient (Wildman–Crippen LogP) is 15.3. The van der Waals surface area contributed by atoms with E-state index < -0.39 is 5.41 Å². The average Bonchev–Trinajstić information content (AvgIpc) is 3.59. The van der Waals surface area contributed by atoms with Crippen LogP contribution < -0.4 is 9.64 Å². The largest absolute Gasteiger partial charge is 0.456 e. The Kier molecular flexibility index (Phi) is 7.48. The van der Waals surface area contributed by atoms with Crippen molar-refractivity contribution in [2.45, 2.75) is 5.41 Å². The number of hydrogen-bond acceptors (Lipinski definition) is 2. The van der Waals surface area contributed by atoms with Gasteiger partial charge in [0.1, 0.15) is 11.5 Å². The first-order valence-electron chi connectivity index (χ1n) is 20.3. The SMILES string of the molecule is c1ccc(-c2ccc(N(c3ccc4c(c3)C3(c5ccccc5Oc5c3ccc3ccccc53)c3ccccc3-4)c3ccccc3-c3ccc4ccccc4c3)cc2)cc1. The van der Waals surface area contributed by atoms with E-state index in [-0.39, 0.29) is 0 Å². The standard InChI is InChI=1S/C57H37NO/c1-2-14-38(15-3-1)40-28-31-44(32-29-40)58(54-24-12-9-19-46(54)43-27-26-39-16-4-5-18-42(39)36-43)45-33-34-49-48-21-8-10-22-50(48)57(53(49)37-45)51-23-11-13-25-55(51)59-56-47-20-7-6-17-41(47)30-35-52(56)57/h1-37H. The third-order valence-corrected chi connectivity index (χ3v) is 12.5. The number of para-hydroxylation sites is 2. The van der Waals surface area contributed by atoms with E-state index in [1.54, 1.807) is 0 Å². The maximum atomic E-state index is 6.96. The summed E-state index contributed by atoms with van der Waals surface area (Å²) in [5, 5.41) is 4.73. The van der Waals surface area contributed by atoms with Crippen molar-refractivity contribution < 1.29 is 4.74 Å². The lowest BCUT2D eigenvalue weighted by Gasteiger charge is -2.40. The molecule has 1 atom stereocenters. The molecule has 0 amide bonds. The molecule has 10 aromatic rings. The first-order chi connectivity index (χ1) is 29.3. The van der Waals surface area contributed by atoms with Crippen molar-refractivity contribution >= 4 is 38.6 Å². The second kappa shape index (κ2) is 13.2. The van der Waals surface area contributed by atoms with Crippen LogP contribution in [0.25, 0.3) is 54.9 Å². The molecule has 10 aromatic carbocycles. The fourth-order valence-corrected chi connectivity index (χ4v) is 9.89. The highest BCUT2D eigenvalue weighted by molar-refractivity contribution is 5.98. The number of anilines is 3. The van der Waals surface area contributed by atoms with E-state index in [9.17, 15) is 0 Å². The number of ether oxygens (including phenoxy) is 1. The van der Waals surface area contributed by atoms with Gasteiger partial charge in [-0.1, -0.05) is 182 Å². The maximum Gasteiger partial charge on any atom is 0.140 e. The zero-order chi connectivity index (χ0) is 38.9. The Morgan fingerprint density at radius 2 is 0.949 bits per heavy atom. The van der Waals surface area contributed by atoms with Gasteiger partial charge in [0.2, 0.25) is 0 Å². The fraction of sp³-hybridized carbons (Fsp3) is 0.0175. The quantitative estimate of drug-likeness (QED) is 0.174. The molecule has 1 heterocycles. The second-order valence-corrected chi connectivity index (χ2v) is 15.6. The topological polar surface area (TPSA) is 12.5 Å². The van der Waals surface area contributed by atoms with Gasteiger partial charge in [-0.3, -0.25) is 0 Å². The van der Waals surface area contributed by atoms with Crippen LogP contribution in [0.4, 0.5) is 17.1 Å². The lowest BCUT2D eigenvalue weighted by atomic mass is 9.65. The van der Waals surface area contributed by atoms with E-state index in [1.165, 1.54) is 49.7 Å². The molecular formula is C57H37NO. The predicted molar refractivity (Wildman–Crippen MR) is 244 cm³/mol. The molecule has 0 N–H and O–H groups in total. The molecule has 2 nitrogen and oxygen atoms in total. The van der Waals surface area contributed by atoms with Gasteiger partial charge in [0, 0.05) is 33.5 Å². The number of hydrogen-bond donors (Lipinski definition) is 0. The molecule has 12 rings (SSSR count). The van der Waals surface area contributed by atoms with Crippen LogP contribution in [-0.2, 0) is 5.41 Å². The van der Waals surface area contributed by atoms with Gasteiger partial charge in [-0.25, -0.2) is 0 Å². The van der Waals surface area contributed by atoms with Gasteiger partial charge in [0.15, 0.2) is 0 Å². The molecule has 0 bridgehead atoms. The van der Waals surface area contributed by atoms with Gasteiger partial charge in [-0.2, -0.15) is 0 Å². The smallest absolute Gasteiger partial charge is 0.140 e. The van der Waals surface area contributed by atoms with E-state index in [0.29, 0.717) is 0 Å². The molecule has 276 valence electrons. The van der Waals surface area contributed by atoms with Gasteiger partial charge < -0.3 is 9.64 Å². The number of benzene rings is 10. The molecular weight excluding hydrogens is 715 g/mol. The number of nitrogens with zero attached hydrogens (tertiary/aromatic N) is 1. The molecule has 1 spiro atoms. The first-order valence-corrected chi connectivity index (χ1v) is 20.3. The van der Waals surface area contributed by atoms with Crippen molar-refractivity contribution in [2.24, 2.45) is 0 Å². The number of fused-ring (bicyclic) bond motifs is 12. The molecule has 2 aliphatic rings. The minimum atomic E-state index is -0.614. The summed E-state index contributed by atoms with van der Waals surface area (Å²) in [4.78, 5) is 2.45. The Morgan fingerprint density at radius 1 is 0.339 bits per heavy atom. The minimum absolute atomic E-state index is 0.614. The zero-order valence-electron chi connectivity index (χ0n) is 32.2. The maximum absolute atomic E-state index is 6.96. The molecule has 1 aliphatic heterocycles. The van der Waals surface area contributed by atoms with Crippen LogP contribution in [0.1, 0.15) is 22.3 Å². The highest BCUT2D eigenvalue weighted by atomic mass is 16.5. The summed E-state index contributed by atoms with van der Waals surface area (Å²) < 4.78 is 6.96. The first kappa shape index (κ1) is 33.5. The molecule has 59 heavy (non-hydrogen) atoms. The Morgan fingerprint density at radius 3 is 1.81 bits per heavy atom. The van der Waals surface area contributed by atoms with Crippen molar-refractivity contribution in [1.82, 2.24) is 0 Å². The van der Waals surface area contributed by atoms with Gasteiger partial charge in [-0.15, -0.1) is 0 Å². The fourth-order valence-electron chi connectivity index (χ4n) is 9.89. The van der Waals surface area contributed by atoms with Crippen LogP contribution in [0.5, 0.6) is 11.5 Å². The molecule has 0 aromatic heterocycles. The van der Waals surface area contributed by atoms with Crippen molar-refractivity contribution in [3.63, 3.8) is 0 Å². The second-order valence-electron chi connectivity index (χ2n) is 15.6. The van der Waals surface area contributed by atoms with Crippen molar-refractivity contribution in [3.05, 3.63) is 247 Å². The molecule has 1 unspecified atom stereocenters. The van der Waals surface area contributed by atoms with Crippen molar-refractivity contribution in [1.29, 1.82) is 0 Å². The molecule has 0 saturated carbocycles. The van der Waals surface area contributed by atoms with E-state index in [0.717, 1.165) is 56.0 Å². The van der Waals surface area contributed by atoms with Gasteiger partial charge in [0.25, 0.3) is 0 Å². The summed E-state index contributed by atoms with van der Waals surface area (Å²) in [5.74, 6) is 1.81. The minimum Gasteiger partial charge on any atom is -0.456 e. The monoisotopic (exact) mass is 751 g/mol. The highest BCUT2D eigenvalue weighted by Crippen LogP contribution is 2.63. The average molecular weight is 752 g/mol. The summed E-state index contributed by atoms with van der Waals surface area (Å²) >= 11 is 0. The van der Waals surface area contributed by atoms with E-state index in [1.807, 2.05) is 0 Å². The summed E-state index contributed by atoms with van der Waals surface area (Å²) in [5.41, 5.74) is 14.7. The van der Waals surface area contributed by atoms with Crippen LogP contribution in [0.15, 0.2) is 224 Å². The summed E-state index contributed by atoms with van der Waals surface area (Å²) in [6, 6.07) is 81.8. The molecule has 1 aliphatic carbocycles. The zero-order valence-corrected chi connectivity index (χ0v) is 32.2. The van der Waals surface area contributed by atoms with Gasteiger partial charge in [0.05, 0.1) is 11.1 Å². The van der Waals surface area contributed by atoms with E-state index in [4.69, 9.17) is 4.74 Å². The highest BCUT2D eigenvalue weighted by Gasteiger charge is 2.51. The lowest BCUT2D eigenvalue weighted by molar-refractivity contribution is 0.441. The van der Waals surface area contributed by atoms with Gasteiger partial charge in [-0.05, 0) is 97.6 Å². The third kappa shape index (κ3) is 5.06. The summed E-state index contributed by atoms with van der Waals surface area (Å²) in [6.45, 7) is 0. The molecule has 0 saturated heterocycles. The Bertz CT molecular complexity index is 3260. The van der Waals surface area contributed by atoms with Crippen LogP contribution in [0.2, 0.25) is 0 Å². The summed E-state index contributed by atoms with van der Waals surface area (Å²) in [6.07, 6.45) is 0. The Balaban J connectivity index is 1.13. The third-order valence-electron chi connectivity index (χ3n) is 12.5. The van der Waals surface area contributed by atoms with Crippen LogP contribution >= 0.6 is 0 Å². The van der Waals surface area contributed by atoms with Crippen molar-refractivity contribution in [3.8, 4) is 44.9 Å². The molecule has 0 fully saturated rings. The lowest BCUT2D eigenvalue weighted by Crippen LogP contribution is -2.32. The van der Waals surface area contributed by atoms with Crippen molar-refractivity contribution in [2.75, 3.05) is 4.90 Å². The molecule has 2 heteroatoms.